The Morgan fingerprint density at radius 2 is 1.88 bits per heavy atom. The summed E-state index contributed by atoms with van der Waals surface area (Å²) >= 11 is 1.72. The molecule has 2 aliphatic heterocycles. The zero-order valence-corrected chi connectivity index (χ0v) is 15.7. The maximum absolute atomic E-state index is 12.9. The number of sulfonamides is 1. The number of carbonyl (C=O) groups is 1. The van der Waals surface area contributed by atoms with E-state index >= 15 is 0 Å². The van der Waals surface area contributed by atoms with E-state index in [1.165, 1.54) is 15.4 Å². The van der Waals surface area contributed by atoms with E-state index in [-0.39, 0.29) is 11.9 Å². The molecule has 2 fully saturated rings. The van der Waals surface area contributed by atoms with Gasteiger partial charge in [0.05, 0.1) is 10.9 Å². The molecule has 1 aliphatic carbocycles. The minimum Gasteiger partial charge on any atom is -0.339 e. The molecule has 0 bridgehead atoms. The van der Waals surface area contributed by atoms with E-state index in [1.807, 2.05) is 12.1 Å². The monoisotopic (exact) mass is 381 g/mol. The third-order valence-corrected chi connectivity index (χ3v) is 8.11. The first kappa shape index (κ1) is 17.3. The average Bonchev–Trinajstić information content (AvgIpc) is 3.32. The van der Waals surface area contributed by atoms with Gasteiger partial charge in [0.25, 0.3) is 0 Å². The summed E-state index contributed by atoms with van der Waals surface area (Å²) in [5.74, 6) is 1.70. The molecule has 1 aromatic carbocycles. The number of fused-ring (bicyclic) bond motifs is 1. The maximum Gasteiger partial charge on any atom is 0.243 e. The summed E-state index contributed by atoms with van der Waals surface area (Å²) < 4.78 is 27.4. The van der Waals surface area contributed by atoms with Gasteiger partial charge < -0.3 is 4.90 Å². The second-order valence-electron chi connectivity index (χ2n) is 6.79. The zero-order valence-electron chi connectivity index (χ0n) is 14.1. The Morgan fingerprint density at radius 3 is 2.60 bits per heavy atom. The molecule has 0 radical (unpaired) electrons. The van der Waals surface area contributed by atoms with E-state index in [4.69, 9.17) is 0 Å². The minimum atomic E-state index is -3.48. The Balaban J connectivity index is 1.43. The highest BCUT2D eigenvalue weighted by Crippen LogP contribution is 2.27. The molecule has 1 atom stereocenters. The Labute approximate surface area is 153 Å². The van der Waals surface area contributed by atoms with Gasteiger partial charge in [0.2, 0.25) is 15.9 Å². The summed E-state index contributed by atoms with van der Waals surface area (Å²) in [5, 5.41) is 3.18. The Kier molecular flexibility index (Phi) is 4.79. The van der Waals surface area contributed by atoms with Gasteiger partial charge in [0, 0.05) is 37.8 Å². The molecule has 3 aliphatic rings. The number of hydrogen-bond acceptors (Lipinski definition) is 5. The Bertz CT molecular complexity index is 767. The predicted octanol–water partition coefficient (Wildman–Crippen LogP) is 0.671. The van der Waals surface area contributed by atoms with Crippen LogP contribution in [0.1, 0.15) is 17.5 Å². The summed E-state index contributed by atoms with van der Waals surface area (Å²) in [5.41, 5.74) is 2.44. The predicted molar refractivity (Wildman–Crippen MR) is 98.1 cm³/mol. The lowest BCUT2D eigenvalue weighted by Crippen LogP contribution is -2.54. The summed E-state index contributed by atoms with van der Waals surface area (Å²) in [6.07, 6.45) is 3.12. The summed E-state index contributed by atoms with van der Waals surface area (Å²) in [7, 11) is -3.48. The molecule has 1 aromatic rings. The van der Waals surface area contributed by atoms with Crippen molar-refractivity contribution in [1.82, 2.24) is 14.5 Å². The van der Waals surface area contributed by atoms with Crippen LogP contribution >= 0.6 is 11.8 Å². The van der Waals surface area contributed by atoms with Crippen LogP contribution in [0.3, 0.4) is 0 Å². The van der Waals surface area contributed by atoms with Crippen molar-refractivity contribution in [2.75, 3.05) is 37.8 Å². The molecule has 2 heterocycles. The van der Waals surface area contributed by atoms with Crippen LogP contribution in [-0.4, -0.2) is 67.4 Å². The fourth-order valence-electron chi connectivity index (χ4n) is 3.78. The van der Waals surface area contributed by atoms with Gasteiger partial charge in [-0.05, 0) is 42.5 Å². The normalized spacial score (nSPS) is 24.5. The highest BCUT2D eigenvalue weighted by atomic mass is 32.2. The van der Waals surface area contributed by atoms with Gasteiger partial charge in [-0.15, -0.1) is 11.8 Å². The van der Waals surface area contributed by atoms with Gasteiger partial charge in [0.1, 0.15) is 0 Å². The number of thioether (sulfide) groups is 1. The van der Waals surface area contributed by atoms with E-state index in [1.54, 1.807) is 22.7 Å². The van der Waals surface area contributed by atoms with Crippen molar-refractivity contribution in [2.24, 2.45) is 0 Å². The summed E-state index contributed by atoms with van der Waals surface area (Å²) in [6, 6.07) is 5.41. The lowest BCUT2D eigenvalue weighted by atomic mass is 10.1. The first-order chi connectivity index (χ1) is 12.1. The van der Waals surface area contributed by atoms with Crippen LogP contribution in [0.4, 0.5) is 0 Å². The van der Waals surface area contributed by atoms with Crippen molar-refractivity contribution in [2.45, 2.75) is 30.2 Å². The SMILES string of the molecule is O=C(C1CSCN1)N1CCN(S(=O)(=O)c2ccc3c(c2)CCC3)CC1. The Hall–Kier alpha value is -1.09. The van der Waals surface area contributed by atoms with Gasteiger partial charge in [-0.2, -0.15) is 4.31 Å². The van der Waals surface area contributed by atoms with Gasteiger partial charge in [-0.1, -0.05) is 6.07 Å². The number of amides is 1. The van der Waals surface area contributed by atoms with Gasteiger partial charge in [-0.25, -0.2) is 8.42 Å². The first-order valence-electron chi connectivity index (χ1n) is 8.77. The van der Waals surface area contributed by atoms with Crippen molar-refractivity contribution >= 4 is 27.7 Å². The van der Waals surface area contributed by atoms with E-state index in [2.05, 4.69) is 5.32 Å². The van der Waals surface area contributed by atoms with Gasteiger partial charge in [0.15, 0.2) is 0 Å². The number of piperazine rings is 1. The maximum atomic E-state index is 12.9. The van der Waals surface area contributed by atoms with Crippen molar-refractivity contribution in [3.8, 4) is 0 Å². The molecular formula is C17H23N3O3S2. The first-order valence-corrected chi connectivity index (χ1v) is 11.4. The number of nitrogens with one attached hydrogen (secondary N) is 1. The van der Waals surface area contributed by atoms with Crippen molar-refractivity contribution in [3.63, 3.8) is 0 Å². The minimum absolute atomic E-state index is 0.0968. The molecule has 2 saturated heterocycles. The van der Waals surface area contributed by atoms with Crippen LogP contribution in [0.15, 0.2) is 23.1 Å². The van der Waals surface area contributed by atoms with E-state index in [0.717, 1.165) is 30.9 Å². The fourth-order valence-corrected chi connectivity index (χ4v) is 6.19. The zero-order chi connectivity index (χ0) is 17.4. The second kappa shape index (κ2) is 6.90. The molecule has 1 amide bonds. The van der Waals surface area contributed by atoms with Crippen LogP contribution in [0.2, 0.25) is 0 Å². The molecule has 0 saturated carbocycles. The molecule has 1 unspecified atom stereocenters. The molecule has 4 rings (SSSR count). The number of hydrogen-bond donors (Lipinski definition) is 1. The number of benzene rings is 1. The van der Waals surface area contributed by atoms with Crippen LogP contribution in [-0.2, 0) is 27.7 Å². The second-order valence-corrected chi connectivity index (χ2v) is 9.75. The van der Waals surface area contributed by atoms with Crippen LogP contribution in [0, 0.1) is 0 Å². The van der Waals surface area contributed by atoms with Gasteiger partial charge >= 0.3 is 0 Å². The Morgan fingerprint density at radius 1 is 1.12 bits per heavy atom. The van der Waals surface area contributed by atoms with E-state index < -0.39 is 10.0 Å². The molecular weight excluding hydrogens is 358 g/mol. The number of nitrogens with zero attached hydrogens (tertiary/aromatic N) is 2. The van der Waals surface area contributed by atoms with Crippen molar-refractivity contribution < 1.29 is 13.2 Å². The lowest BCUT2D eigenvalue weighted by Gasteiger charge is -2.35. The van der Waals surface area contributed by atoms with Crippen LogP contribution in [0.25, 0.3) is 0 Å². The topological polar surface area (TPSA) is 69.7 Å². The van der Waals surface area contributed by atoms with E-state index in [9.17, 15) is 13.2 Å². The fraction of sp³-hybridized carbons (Fsp3) is 0.588. The molecule has 136 valence electrons. The third-order valence-electron chi connectivity index (χ3n) is 5.27. The highest BCUT2D eigenvalue weighted by molar-refractivity contribution is 7.99. The largest absolute Gasteiger partial charge is 0.339 e. The number of aryl methyl sites for hydroxylation is 2. The molecule has 25 heavy (non-hydrogen) atoms. The average molecular weight is 382 g/mol. The molecule has 6 nitrogen and oxygen atoms in total. The van der Waals surface area contributed by atoms with Gasteiger partial charge in [-0.3, -0.25) is 10.1 Å². The number of rotatable bonds is 3. The lowest BCUT2D eigenvalue weighted by molar-refractivity contribution is -0.133. The van der Waals surface area contributed by atoms with Crippen LogP contribution in [0.5, 0.6) is 0 Å². The smallest absolute Gasteiger partial charge is 0.243 e. The third kappa shape index (κ3) is 3.32. The summed E-state index contributed by atoms with van der Waals surface area (Å²) in [4.78, 5) is 14.6. The highest BCUT2D eigenvalue weighted by Gasteiger charge is 2.33. The molecule has 1 N–H and O–H groups in total. The molecule has 0 aromatic heterocycles. The van der Waals surface area contributed by atoms with Crippen LogP contribution < -0.4 is 5.32 Å². The van der Waals surface area contributed by atoms with Crippen molar-refractivity contribution in [1.29, 1.82) is 0 Å². The van der Waals surface area contributed by atoms with Crippen molar-refractivity contribution in [3.05, 3.63) is 29.3 Å². The molecule has 0 spiro atoms. The summed E-state index contributed by atoms with van der Waals surface area (Å²) in [6.45, 7) is 1.66. The van der Waals surface area contributed by atoms with E-state index in [0.29, 0.717) is 31.1 Å². The quantitative estimate of drug-likeness (QED) is 0.834. The standard InChI is InChI=1S/C17H23N3O3S2/c21-17(16-11-24-12-18-16)19-6-8-20(9-7-19)25(22,23)15-5-4-13-2-1-3-14(13)10-15/h4-5,10,16,18H,1-3,6-9,11-12H2. The number of carbonyl (C=O) groups excluding carboxylic acids is 1. The molecule has 8 heteroatoms.